The topological polar surface area (TPSA) is 85.6 Å². The highest BCUT2D eigenvalue weighted by atomic mass is 35.5. The molecule has 1 heterocycles. The number of nitrogens with one attached hydrogen (secondary N) is 1. The van der Waals surface area contributed by atoms with E-state index < -0.39 is 11.7 Å². The van der Waals surface area contributed by atoms with E-state index >= 15 is 0 Å². The maximum atomic E-state index is 13.7. The number of benzene rings is 2. The van der Waals surface area contributed by atoms with Crippen molar-refractivity contribution in [2.45, 2.75) is 6.42 Å². The molecule has 1 amide bonds. The molecule has 4 rings (SSSR count). The normalized spacial score (nSPS) is 11.8. The number of amides is 1. The van der Waals surface area contributed by atoms with Crippen LogP contribution in [0.5, 0.6) is 11.5 Å². The average Bonchev–Trinajstić information content (AvgIpc) is 3.29. The number of fused-ring (bicyclic) bond motifs is 3. The number of aromatic nitrogens is 2. The lowest BCUT2D eigenvalue weighted by Gasteiger charge is -2.12. The molecule has 9 heteroatoms. The summed E-state index contributed by atoms with van der Waals surface area (Å²) in [5.74, 6) is 0.174. The number of hydrogen-bond donors (Lipinski definition) is 2. The number of hydrogen-bond acceptors (Lipinski definition) is 5. The molecule has 0 spiro atoms. The van der Waals surface area contributed by atoms with E-state index in [2.05, 4.69) is 10.4 Å². The van der Waals surface area contributed by atoms with Crippen LogP contribution in [0.1, 0.15) is 21.6 Å². The maximum Gasteiger partial charge on any atom is 0.272 e. The fraction of sp³-hybridized carbons (Fsp3) is 0.238. The van der Waals surface area contributed by atoms with Crippen molar-refractivity contribution in [3.05, 3.63) is 58.0 Å². The summed E-state index contributed by atoms with van der Waals surface area (Å²) in [6, 6.07) is 7.95. The molecule has 30 heavy (non-hydrogen) atoms. The van der Waals surface area contributed by atoms with Gasteiger partial charge in [-0.15, -0.1) is 0 Å². The molecule has 2 aromatic carbocycles. The first-order valence-corrected chi connectivity index (χ1v) is 9.58. The van der Waals surface area contributed by atoms with Gasteiger partial charge >= 0.3 is 0 Å². The maximum absolute atomic E-state index is 13.7. The lowest BCUT2D eigenvalue weighted by atomic mass is 10.1. The van der Waals surface area contributed by atoms with Gasteiger partial charge in [-0.3, -0.25) is 4.79 Å². The number of rotatable bonds is 6. The van der Waals surface area contributed by atoms with Crippen LogP contribution in [-0.2, 0) is 6.42 Å². The number of aliphatic hydroxyl groups is 1. The molecule has 7 nitrogen and oxygen atoms in total. The zero-order valence-electron chi connectivity index (χ0n) is 16.3. The van der Waals surface area contributed by atoms with Crippen molar-refractivity contribution in [1.82, 2.24) is 15.1 Å². The first-order valence-electron chi connectivity index (χ1n) is 9.20. The highest BCUT2D eigenvalue weighted by Crippen LogP contribution is 2.44. The van der Waals surface area contributed by atoms with E-state index in [-0.39, 0.29) is 23.9 Å². The Hall–Kier alpha value is -3.10. The zero-order chi connectivity index (χ0) is 21.4. The standard InChI is InChI=1S/C21H19ClFN3O4/c1-29-17-8-11-7-14-19(21(28)24-5-6-27)25-26(12-3-4-16(23)15(22)9-12)20(14)13(11)10-18(17)30-2/h3-4,8-10,27H,5-7H2,1-2H3,(H,24,28). The van der Waals surface area contributed by atoms with Crippen molar-refractivity contribution >= 4 is 17.5 Å². The number of methoxy groups -OCH3 is 2. The number of carbonyl (C=O) groups is 1. The van der Waals surface area contributed by atoms with E-state index in [1.165, 1.54) is 12.1 Å². The monoisotopic (exact) mass is 431 g/mol. The second-order valence-corrected chi connectivity index (χ2v) is 7.11. The molecular weight excluding hydrogens is 413 g/mol. The first-order chi connectivity index (χ1) is 14.5. The minimum absolute atomic E-state index is 0.0476. The van der Waals surface area contributed by atoms with E-state index in [1.54, 1.807) is 25.0 Å². The van der Waals surface area contributed by atoms with E-state index in [0.29, 0.717) is 29.3 Å². The fourth-order valence-electron chi connectivity index (χ4n) is 3.61. The van der Waals surface area contributed by atoms with Crippen LogP contribution < -0.4 is 14.8 Å². The van der Waals surface area contributed by atoms with Crippen LogP contribution in [0.25, 0.3) is 16.9 Å². The van der Waals surface area contributed by atoms with E-state index in [4.69, 9.17) is 26.2 Å². The summed E-state index contributed by atoms with van der Waals surface area (Å²) in [4.78, 5) is 12.7. The lowest BCUT2D eigenvalue weighted by Crippen LogP contribution is -2.27. The predicted molar refractivity (Wildman–Crippen MR) is 109 cm³/mol. The Morgan fingerprint density at radius 3 is 2.67 bits per heavy atom. The summed E-state index contributed by atoms with van der Waals surface area (Å²) in [5.41, 5.74) is 3.93. The summed E-state index contributed by atoms with van der Waals surface area (Å²) in [6.45, 7) is -0.0751. The van der Waals surface area contributed by atoms with Crippen LogP contribution in [0.4, 0.5) is 4.39 Å². The SMILES string of the molecule is COc1cc2c(cc1OC)-c1c(c(C(=O)NCCO)nn1-c1ccc(F)c(Cl)c1)C2. The van der Waals surface area contributed by atoms with Gasteiger partial charge in [-0.25, -0.2) is 9.07 Å². The minimum Gasteiger partial charge on any atom is -0.493 e. The Labute approximate surface area is 177 Å². The van der Waals surface area contributed by atoms with Crippen LogP contribution in [0.2, 0.25) is 5.02 Å². The van der Waals surface area contributed by atoms with Gasteiger partial charge in [0.15, 0.2) is 17.2 Å². The van der Waals surface area contributed by atoms with Crippen molar-refractivity contribution in [3.8, 4) is 28.4 Å². The fourth-order valence-corrected chi connectivity index (χ4v) is 3.79. The van der Waals surface area contributed by atoms with Gasteiger partial charge in [0.1, 0.15) is 5.82 Å². The number of halogens is 2. The Bertz CT molecular complexity index is 1150. The Balaban J connectivity index is 1.92. The molecule has 3 aromatic rings. The first kappa shape index (κ1) is 20.2. The summed E-state index contributed by atoms with van der Waals surface area (Å²) in [7, 11) is 3.10. The van der Waals surface area contributed by atoms with Crippen molar-refractivity contribution in [2.75, 3.05) is 27.4 Å². The molecule has 156 valence electrons. The van der Waals surface area contributed by atoms with E-state index in [1.807, 2.05) is 12.1 Å². The molecule has 0 bridgehead atoms. The van der Waals surface area contributed by atoms with Crippen LogP contribution >= 0.6 is 11.6 Å². The molecule has 0 fully saturated rings. The molecule has 0 atom stereocenters. The molecular formula is C21H19ClFN3O4. The van der Waals surface area contributed by atoms with Crippen LogP contribution in [0, 0.1) is 5.82 Å². The zero-order valence-corrected chi connectivity index (χ0v) is 17.1. The summed E-state index contributed by atoms with van der Waals surface area (Å²) < 4.78 is 26.1. The highest BCUT2D eigenvalue weighted by molar-refractivity contribution is 6.30. The number of nitrogens with zero attached hydrogens (tertiary/aromatic N) is 2. The summed E-state index contributed by atoms with van der Waals surface area (Å²) in [6.07, 6.45) is 0.460. The molecule has 1 aromatic heterocycles. The summed E-state index contributed by atoms with van der Waals surface area (Å²) in [5, 5.41) is 16.1. The Kier molecular flexibility index (Phi) is 5.36. The number of carbonyl (C=O) groups excluding carboxylic acids is 1. The third-order valence-electron chi connectivity index (χ3n) is 4.98. The van der Waals surface area contributed by atoms with Crippen molar-refractivity contribution in [2.24, 2.45) is 0 Å². The van der Waals surface area contributed by atoms with Gasteiger partial charge in [-0.05, 0) is 35.9 Å². The van der Waals surface area contributed by atoms with Crippen molar-refractivity contribution < 1.29 is 23.8 Å². The highest BCUT2D eigenvalue weighted by Gasteiger charge is 2.32. The van der Waals surface area contributed by atoms with Gasteiger partial charge in [0.2, 0.25) is 0 Å². The van der Waals surface area contributed by atoms with Crippen LogP contribution in [0.15, 0.2) is 30.3 Å². The second-order valence-electron chi connectivity index (χ2n) is 6.71. The predicted octanol–water partition coefficient (Wildman–Crippen LogP) is 2.98. The molecule has 2 N–H and O–H groups in total. The average molecular weight is 432 g/mol. The molecule has 0 aliphatic heterocycles. The van der Waals surface area contributed by atoms with Gasteiger partial charge in [0, 0.05) is 24.1 Å². The Morgan fingerprint density at radius 2 is 2.00 bits per heavy atom. The quantitative estimate of drug-likeness (QED) is 0.490. The smallest absolute Gasteiger partial charge is 0.272 e. The third kappa shape index (κ3) is 3.28. The number of ether oxygens (including phenoxy) is 2. The van der Waals surface area contributed by atoms with Gasteiger partial charge in [-0.2, -0.15) is 5.10 Å². The van der Waals surface area contributed by atoms with Crippen LogP contribution in [-0.4, -0.2) is 48.2 Å². The number of aliphatic hydroxyl groups excluding tert-OH is 1. The van der Waals surface area contributed by atoms with Crippen molar-refractivity contribution in [1.29, 1.82) is 0 Å². The van der Waals surface area contributed by atoms with Gasteiger partial charge in [0.25, 0.3) is 5.91 Å². The molecule has 1 aliphatic carbocycles. The largest absolute Gasteiger partial charge is 0.493 e. The molecule has 0 radical (unpaired) electrons. The van der Waals surface area contributed by atoms with Gasteiger partial charge in [-0.1, -0.05) is 11.6 Å². The molecule has 0 saturated heterocycles. The molecule has 0 unspecified atom stereocenters. The second kappa shape index (κ2) is 7.97. The van der Waals surface area contributed by atoms with Gasteiger partial charge < -0.3 is 19.9 Å². The van der Waals surface area contributed by atoms with E-state index in [9.17, 15) is 9.18 Å². The minimum atomic E-state index is -0.545. The van der Waals surface area contributed by atoms with Gasteiger partial charge in [0.05, 0.1) is 37.2 Å². The van der Waals surface area contributed by atoms with Crippen LogP contribution in [0.3, 0.4) is 0 Å². The summed E-state index contributed by atoms with van der Waals surface area (Å²) >= 11 is 5.98. The lowest BCUT2D eigenvalue weighted by molar-refractivity contribution is 0.0938. The van der Waals surface area contributed by atoms with Crippen molar-refractivity contribution in [3.63, 3.8) is 0 Å². The third-order valence-corrected chi connectivity index (χ3v) is 5.27. The molecule has 0 saturated carbocycles. The molecule has 1 aliphatic rings. The van der Waals surface area contributed by atoms with E-state index in [0.717, 1.165) is 16.7 Å². The Morgan fingerprint density at radius 1 is 1.27 bits per heavy atom.